The third kappa shape index (κ3) is 11.5. The summed E-state index contributed by atoms with van der Waals surface area (Å²) in [6.45, 7) is 12.2. The predicted octanol–water partition coefficient (Wildman–Crippen LogP) is 6.17. The van der Waals surface area contributed by atoms with Crippen molar-refractivity contribution in [3.05, 3.63) is 44.8 Å². The van der Waals surface area contributed by atoms with Gasteiger partial charge < -0.3 is 0 Å². The second kappa shape index (κ2) is 14.4. The zero-order chi connectivity index (χ0) is 12.8. The first kappa shape index (κ1) is 17.8. The molecule has 0 bridgehead atoms. The normalized spacial score (nSPS) is 7.38. The molecule has 16 heavy (non-hydrogen) atoms. The van der Waals surface area contributed by atoms with E-state index in [2.05, 4.69) is 48.2 Å². The fourth-order valence-corrected chi connectivity index (χ4v) is 1.89. The zero-order valence-corrected chi connectivity index (χ0v) is 12.9. The van der Waals surface area contributed by atoms with Gasteiger partial charge in [0.1, 0.15) is 0 Å². The van der Waals surface area contributed by atoms with E-state index in [4.69, 9.17) is 0 Å². The number of hydrogen-bond acceptors (Lipinski definition) is 2. The van der Waals surface area contributed by atoms with E-state index < -0.39 is 0 Å². The lowest BCUT2D eigenvalue weighted by molar-refractivity contribution is 1.50. The van der Waals surface area contributed by atoms with Gasteiger partial charge in [-0.2, -0.15) is 11.3 Å². The third-order valence-electron chi connectivity index (χ3n) is 1.33. The molecule has 0 fully saturated rings. The molecule has 92 valence electrons. The van der Waals surface area contributed by atoms with E-state index in [0.29, 0.717) is 0 Å². The van der Waals surface area contributed by atoms with Crippen molar-refractivity contribution in [1.29, 1.82) is 0 Å². The lowest BCUT2D eigenvalue weighted by atomic mass is 10.4. The van der Waals surface area contributed by atoms with Crippen LogP contribution >= 0.6 is 22.7 Å². The number of thiophene rings is 2. The summed E-state index contributed by atoms with van der Waals surface area (Å²) < 4.78 is 0. The lowest BCUT2D eigenvalue weighted by Gasteiger charge is -1.65. The second-order valence-corrected chi connectivity index (χ2v) is 4.46. The molecular weight excluding hydrogens is 232 g/mol. The molecule has 2 heteroatoms. The van der Waals surface area contributed by atoms with E-state index >= 15 is 0 Å². The summed E-state index contributed by atoms with van der Waals surface area (Å²) in [4.78, 5) is 1.38. The molecule has 0 aliphatic heterocycles. The highest BCUT2D eigenvalue weighted by Gasteiger charge is 1.75. The number of rotatable bonds is 0. The zero-order valence-electron chi connectivity index (χ0n) is 11.3. The van der Waals surface area contributed by atoms with Gasteiger partial charge in [0.15, 0.2) is 0 Å². The molecule has 0 radical (unpaired) electrons. The van der Waals surface area contributed by atoms with Gasteiger partial charge in [0, 0.05) is 4.88 Å². The Morgan fingerprint density at radius 2 is 1.50 bits per heavy atom. The molecule has 0 aliphatic rings. The van der Waals surface area contributed by atoms with Crippen molar-refractivity contribution < 1.29 is 0 Å². The van der Waals surface area contributed by atoms with Crippen molar-refractivity contribution in [1.82, 2.24) is 0 Å². The Bertz CT molecular complexity index is 248. The Labute approximate surface area is 109 Å². The minimum absolute atomic E-state index is 1.36. The van der Waals surface area contributed by atoms with E-state index in [1.54, 1.807) is 22.7 Å². The van der Waals surface area contributed by atoms with Crippen LogP contribution in [0.4, 0.5) is 0 Å². The fraction of sp³-hybridized carbons (Fsp3) is 0.429. The first-order valence-corrected chi connectivity index (χ1v) is 7.60. The average Bonchev–Trinajstić information content (AvgIpc) is 2.98. The largest absolute Gasteiger partial charge is 0.152 e. The van der Waals surface area contributed by atoms with Crippen LogP contribution in [0.1, 0.15) is 38.1 Å². The molecular formula is C14H24S2. The standard InChI is InChI=1S/2C5H6S.2C2H6/c1-5-2-3-6-4-5;1-5-3-2-4-6-5;2*1-2/h2*2-4H,1H3;2*1-2H3. The van der Waals surface area contributed by atoms with Crippen molar-refractivity contribution in [2.75, 3.05) is 0 Å². The SMILES string of the molecule is CC.CC.Cc1cccs1.Cc1ccsc1. The average molecular weight is 256 g/mol. The number of aryl methyl sites for hydroxylation is 2. The monoisotopic (exact) mass is 256 g/mol. The fourth-order valence-electron chi connectivity index (χ4n) is 0.693. The van der Waals surface area contributed by atoms with Gasteiger partial charge in [-0.15, -0.1) is 11.3 Å². The smallest absolute Gasteiger partial charge is 0.00141 e. The molecule has 2 heterocycles. The van der Waals surface area contributed by atoms with Crippen LogP contribution in [0.5, 0.6) is 0 Å². The molecule has 0 atom stereocenters. The highest BCUT2D eigenvalue weighted by atomic mass is 32.1. The van der Waals surface area contributed by atoms with Gasteiger partial charge in [-0.25, -0.2) is 0 Å². The minimum atomic E-state index is 1.36. The van der Waals surface area contributed by atoms with E-state index in [1.165, 1.54) is 10.4 Å². The van der Waals surface area contributed by atoms with Crippen LogP contribution in [0.15, 0.2) is 34.3 Å². The number of hydrogen-bond donors (Lipinski definition) is 0. The summed E-state index contributed by atoms with van der Waals surface area (Å²) in [6, 6.07) is 6.26. The van der Waals surface area contributed by atoms with Crippen LogP contribution in [-0.2, 0) is 0 Å². The maximum Gasteiger partial charge on any atom is 0.00141 e. The molecule has 0 nitrogen and oxygen atoms in total. The van der Waals surface area contributed by atoms with Crippen LogP contribution in [0, 0.1) is 13.8 Å². The molecule has 0 N–H and O–H groups in total. The van der Waals surface area contributed by atoms with Gasteiger partial charge in [0.25, 0.3) is 0 Å². The predicted molar refractivity (Wildman–Crippen MR) is 80.8 cm³/mol. The first-order valence-electron chi connectivity index (χ1n) is 5.78. The highest BCUT2D eigenvalue weighted by molar-refractivity contribution is 7.09. The van der Waals surface area contributed by atoms with E-state index in [-0.39, 0.29) is 0 Å². The Kier molecular flexibility index (Phi) is 16.0. The quantitative estimate of drug-likeness (QED) is 0.529. The van der Waals surface area contributed by atoms with Crippen LogP contribution in [0.25, 0.3) is 0 Å². The second-order valence-electron chi connectivity index (χ2n) is 2.52. The molecule has 0 unspecified atom stereocenters. The first-order chi connectivity index (χ1) is 7.79. The third-order valence-corrected chi connectivity index (χ3v) is 2.93. The molecule has 2 aromatic heterocycles. The van der Waals surface area contributed by atoms with Gasteiger partial charge >= 0.3 is 0 Å². The van der Waals surface area contributed by atoms with Crippen molar-refractivity contribution >= 4 is 22.7 Å². The van der Waals surface area contributed by atoms with Crippen LogP contribution < -0.4 is 0 Å². The van der Waals surface area contributed by atoms with E-state index in [0.717, 1.165) is 0 Å². The molecule has 0 spiro atoms. The van der Waals surface area contributed by atoms with E-state index in [1.807, 2.05) is 27.7 Å². The summed E-state index contributed by atoms with van der Waals surface area (Å²) in [5, 5.41) is 6.28. The molecule has 2 aromatic rings. The van der Waals surface area contributed by atoms with Crippen LogP contribution in [0.3, 0.4) is 0 Å². The summed E-state index contributed by atoms with van der Waals surface area (Å²) in [5.74, 6) is 0. The Morgan fingerprint density at radius 1 is 0.875 bits per heavy atom. The Balaban J connectivity index is 0. The lowest BCUT2D eigenvalue weighted by Crippen LogP contribution is -1.47. The summed E-state index contributed by atoms with van der Waals surface area (Å²) in [6.07, 6.45) is 0. The maximum absolute atomic E-state index is 2.12. The van der Waals surface area contributed by atoms with Gasteiger partial charge in [0.2, 0.25) is 0 Å². The topological polar surface area (TPSA) is 0 Å². The van der Waals surface area contributed by atoms with Crippen LogP contribution in [0.2, 0.25) is 0 Å². The van der Waals surface area contributed by atoms with Crippen molar-refractivity contribution in [3.8, 4) is 0 Å². The minimum Gasteiger partial charge on any atom is -0.152 e. The van der Waals surface area contributed by atoms with E-state index in [9.17, 15) is 0 Å². The molecule has 0 aromatic carbocycles. The molecule has 2 rings (SSSR count). The van der Waals surface area contributed by atoms with Gasteiger partial charge in [0.05, 0.1) is 0 Å². The van der Waals surface area contributed by atoms with Crippen LogP contribution in [-0.4, -0.2) is 0 Å². The summed E-state index contributed by atoms with van der Waals surface area (Å²) >= 11 is 3.52. The Hall–Kier alpha value is -0.600. The molecule has 0 amide bonds. The van der Waals surface area contributed by atoms with Gasteiger partial charge in [-0.3, -0.25) is 0 Å². The summed E-state index contributed by atoms with van der Waals surface area (Å²) in [5.41, 5.74) is 1.36. The Morgan fingerprint density at radius 3 is 1.62 bits per heavy atom. The molecule has 0 aliphatic carbocycles. The van der Waals surface area contributed by atoms with Gasteiger partial charge in [-0.05, 0) is 47.7 Å². The summed E-state index contributed by atoms with van der Waals surface area (Å²) in [7, 11) is 0. The maximum atomic E-state index is 2.12. The van der Waals surface area contributed by atoms with Crippen molar-refractivity contribution in [3.63, 3.8) is 0 Å². The van der Waals surface area contributed by atoms with Gasteiger partial charge in [-0.1, -0.05) is 33.8 Å². The highest BCUT2D eigenvalue weighted by Crippen LogP contribution is 2.03. The molecule has 0 saturated heterocycles. The van der Waals surface area contributed by atoms with Crippen molar-refractivity contribution in [2.45, 2.75) is 41.5 Å². The molecule has 0 saturated carbocycles. The van der Waals surface area contributed by atoms with Crippen molar-refractivity contribution in [2.24, 2.45) is 0 Å².